The van der Waals surface area contributed by atoms with Crippen LogP contribution in [0.15, 0.2) is 91.0 Å². The molecule has 1 aliphatic rings. The molecule has 0 bridgehead atoms. The lowest BCUT2D eigenvalue weighted by atomic mass is 9.85. The number of hydrogen-bond donors (Lipinski definition) is 1. The number of esters is 1. The van der Waals surface area contributed by atoms with E-state index in [1.54, 1.807) is 12.1 Å². The summed E-state index contributed by atoms with van der Waals surface area (Å²) in [5.41, 5.74) is 3.24. The van der Waals surface area contributed by atoms with Gasteiger partial charge in [-0.25, -0.2) is 10.3 Å². The SMILES string of the molecule is CC(=O)N1[C@H](c2ccccc2)OC(=O)[C@]1(CC(=O)NOCc1ccccc1)Cc1ccccc1. The van der Waals surface area contributed by atoms with Crippen LogP contribution >= 0.6 is 0 Å². The van der Waals surface area contributed by atoms with Gasteiger partial charge in [0.1, 0.15) is 0 Å². The highest BCUT2D eigenvalue weighted by molar-refractivity contribution is 5.95. The summed E-state index contributed by atoms with van der Waals surface area (Å²) in [5.74, 6) is -1.52. The summed E-state index contributed by atoms with van der Waals surface area (Å²) >= 11 is 0. The fourth-order valence-corrected chi connectivity index (χ4v) is 4.27. The zero-order valence-electron chi connectivity index (χ0n) is 18.8. The molecule has 1 saturated heterocycles. The van der Waals surface area contributed by atoms with Gasteiger partial charge in [0.15, 0.2) is 5.54 Å². The van der Waals surface area contributed by atoms with E-state index in [2.05, 4.69) is 5.48 Å². The van der Waals surface area contributed by atoms with Crippen LogP contribution < -0.4 is 5.48 Å². The third-order valence-electron chi connectivity index (χ3n) is 5.78. The van der Waals surface area contributed by atoms with Crippen LogP contribution in [0.4, 0.5) is 0 Å². The molecule has 1 heterocycles. The van der Waals surface area contributed by atoms with Crippen molar-refractivity contribution in [1.82, 2.24) is 10.4 Å². The molecule has 0 aromatic heterocycles. The van der Waals surface area contributed by atoms with E-state index < -0.39 is 23.6 Å². The Hall–Kier alpha value is -3.97. The van der Waals surface area contributed by atoms with Crippen LogP contribution in [0.1, 0.15) is 36.3 Å². The number of nitrogens with zero attached hydrogens (tertiary/aromatic N) is 1. The molecule has 3 aromatic rings. The van der Waals surface area contributed by atoms with Crippen LogP contribution in [-0.2, 0) is 37.0 Å². The van der Waals surface area contributed by atoms with E-state index >= 15 is 0 Å². The Morgan fingerprint density at radius 1 is 0.912 bits per heavy atom. The van der Waals surface area contributed by atoms with Gasteiger partial charge in [-0.1, -0.05) is 91.0 Å². The summed E-state index contributed by atoms with van der Waals surface area (Å²) in [6.45, 7) is 1.55. The van der Waals surface area contributed by atoms with Gasteiger partial charge in [0.25, 0.3) is 0 Å². The van der Waals surface area contributed by atoms with Gasteiger partial charge in [0, 0.05) is 18.9 Å². The minimum atomic E-state index is -1.52. The average molecular weight is 459 g/mol. The molecular weight excluding hydrogens is 432 g/mol. The number of carbonyl (C=O) groups is 3. The molecule has 0 saturated carbocycles. The Morgan fingerprint density at radius 2 is 1.47 bits per heavy atom. The highest BCUT2D eigenvalue weighted by Gasteiger charge is 2.58. The molecule has 1 N–H and O–H groups in total. The molecule has 2 atom stereocenters. The second-order valence-electron chi connectivity index (χ2n) is 8.23. The first-order valence-corrected chi connectivity index (χ1v) is 11.0. The van der Waals surface area contributed by atoms with Gasteiger partial charge < -0.3 is 4.74 Å². The Balaban J connectivity index is 1.61. The van der Waals surface area contributed by atoms with E-state index in [4.69, 9.17) is 9.57 Å². The van der Waals surface area contributed by atoms with Crippen molar-refractivity contribution >= 4 is 17.8 Å². The van der Waals surface area contributed by atoms with Crippen LogP contribution in [0.25, 0.3) is 0 Å². The van der Waals surface area contributed by atoms with Gasteiger partial charge in [-0.05, 0) is 11.1 Å². The standard InChI is InChI=1S/C27H26N2O5/c1-20(30)29-25(23-15-9-4-10-16-23)34-26(32)27(29,17-21-11-5-2-6-12-21)18-24(31)28-33-19-22-13-7-3-8-14-22/h2-16,25H,17-19H2,1H3,(H,28,31)/t25-,27+/m0/s1. The lowest BCUT2D eigenvalue weighted by molar-refractivity contribution is -0.150. The number of cyclic esters (lactones) is 1. The minimum absolute atomic E-state index is 0.127. The fraction of sp³-hybridized carbons (Fsp3) is 0.222. The number of benzene rings is 3. The van der Waals surface area contributed by atoms with Gasteiger partial charge in [-0.2, -0.15) is 0 Å². The van der Waals surface area contributed by atoms with Crippen molar-refractivity contribution in [1.29, 1.82) is 0 Å². The molecule has 3 aromatic carbocycles. The molecular formula is C27H26N2O5. The summed E-state index contributed by atoms with van der Waals surface area (Å²) in [5, 5.41) is 0. The Kier molecular flexibility index (Phi) is 7.04. The smallest absolute Gasteiger partial charge is 0.335 e. The van der Waals surface area contributed by atoms with E-state index in [0.29, 0.717) is 5.56 Å². The summed E-state index contributed by atoms with van der Waals surface area (Å²) < 4.78 is 5.73. The van der Waals surface area contributed by atoms with Crippen LogP contribution in [0.2, 0.25) is 0 Å². The number of hydrogen-bond acceptors (Lipinski definition) is 5. The van der Waals surface area contributed by atoms with Gasteiger partial charge in [-0.15, -0.1) is 0 Å². The molecule has 1 aliphatic heterocycles. The van der Waals surface area contributed by atoms with Crippen molar-refractivity contribution in [2.75, 3.05) is 0 Å². The second kappa shape index (κ2) is 10.3. The van der Waals surface area contributed by atoms with Crippen molar-refractivity contribution in [3.8, 4) is 0 Å². The third-order valence-corrected chi connectivity index (χ3v) is 5.78. The first-order valence-electron chi connectivity index (χ1n) is 11.0. The highest BCUT2D eigenvalue weighted by atomic mass is 16.7. The largest absolute Gasteiger partial charge is 0.435 e. The monoisotopic (exact) mass is 458 g/mol. The lowest BCUT2D eigenvalue weighted by Crippen LogP contribution is -2.55. The summed E-state index contributed by atoms with van der Waals surface area (Å²) in [7, 11) is 0. The number of hydroxylamine groups is 1. The number of rotatable bonds is 8. The van der Waals surface area contributed by atoms with Crippen LogP contribution in [0.5, 0.6) is 0 Å². The second-order valence-corrected chi connectivity index (χ2v) is 8.23. The van der Waals surface area contributed by atoms with Crippen molar-refractivity contribution in [3.63, 3.8) is 0 Å². The van der Waals surface area contributed by atoms with Crippen molar-refractivity contribution < 1.29 is 24.0 Å². The quantitative estimate of drug-likeness (QED) is 0.411. The topological polar surface area (TPSA) is 84.9 Å². The third kappa shape index (κ3) is 5.00. The predicted molar refractivity (Wildman–Crippen MR) is 125 cm³/mol. The lowest BCUT2D eigenvalue weighted by Gasteiger charge is -2.35. The Morgan fingerprint density at radius 3 is 2.06 bits per heavy atom. The van der Waals surface area contributed by atoms with Crippen molar-refractivity contribution in [2.45, 2.75) is 38.1 Å². The maximum Gasteiger partial charge on any atom is 0.335 e. The van der Waals surface area contributed by atoms with E-state index in [1.807, 2.05) is 78.9 Å². The summed E-state index contributed by atoms with van der Waals surface area (Å²) in [6, 6.07) is 27.7. The van der Waals surface area contributed by atoms with Gasteiger partial charge in [-0.3, -0.25) is 19.3 Å². The number of nitrogens with one attached hydrogen (secondary N) is 1. The molecule has 34 heavy (non-hydrogen) atoms. The molecule has 7 heteroatoms. The van der Waals surface area contributed by atoms with Crippen LogP contribution in [-0.4, -0.2) is 28.2 Å². The summed E-state index contributed by atoms with van der Waals surface area (Å²) in [4.78, 5) is 46.0. The van der Waals surface area contributed by atoms with Crippen LogP contribution in [0.3, 0.4) is 0 Å². The first kappa shape index (κ1) is 23.2. The summed E-state index contributed by atoms with van der Waals surface area (Å²) in [6.07, 6.45) is -1.10. The molecule has 4 rings (SSSR count). The predicted octanol–water partition coefficient (Wildman–Crippen LogP) is 3.71. The van der Waals surface area contributed by atoms with Gasteiger partial charge in [0.05, 0.1) is 13.0 Å². The van der Waals surface area contributed by atoms with E-state index in [1.165, 1.54) is 11.8 Å². The van der Waals surface area contributed by atoms with E-state index in [9.17, 15) is 14.4 Å². The fourth-order valence-electron chi connectivity index (χ4n) is 4.27. The number of amides is 2. The van der Waals surface area contributed by atoms with Crippen molar-refractivity contribution in [2.24, 2.45) is 0 Å². The van der Waals surface area contributed by atoms with E-state index in [0.717, 1.165) is 11.1 Å². The molecule has 0 aliphatic carbocycles. The molecule has 0 spiro atoms. The van der Waals surface area contributed by atoms with E-state index in [-0.39, 0.29) is 25.4 Å². The maximum absolute atomic E-state index is 13.4. The minimum Gasteiger partial charge on any atom is -0.435 e. The molecule has 174 valence electrons. The van der Waals surface area contributed by atoms with Gasteiger partial charge >= 0.3 is 5.97 Å². The Bertz CT molecular complexity index is 1140. The highest BCUT2D eigenvalue weighted by Crippen LogP contribution is 2.42. The normalized spacial score (nSPS) is 19.5. The zero-order chi connectivity index (χ0) is 24.0. The number of ether oxygens (including phenoxy) is 1. The zero-order valence-corrected chi connectivity index (χ0v) is 18.8. The Labute approximate surface area is 198 Å². The van der Waals surface area contributed by atoms with Crippen LogP contribution in [0, 0.1) is 0 Å². The molecule has 0 radical (unpaired) electrons. The first-order chi connectivity index (χ1) is 16.5. The van der Waals surface area contributed by atoms with Gasteiger partial charge in [0.2, 0.25) is 18.0 Å². The molecule has 1 fully saturated rings. The molecule has 0 unspecified atom stereocenters. The average Bonchev–Trinajstić information content (AvgIpc) is 3.12. The number of carbonyl (C=O) groups excluding carboxylic acids is 3. The van der Waals surface area contributed by atoms with Crippen molar-refractivity contribution in [3.05, 3.63) is 108 Å². The maximum atomic E-state index is 13.4. The molecule has 2 amide bonds. The molecule has 7 nitrogen and oxygen atoms in total.